The number of ketones is 1. The average Bonchev–Trinajstić information content (AvgIpc) is 2.72. The summed E-state index contributed by atoms with van der Waals surface area (Å²) in [5.74, 6) is -1.33. The Bertz CT molecular complexity index is 730. The van der Waals surface area contributed by atoms with E-state index in [0.29, 0.717) is 21.8 Å². The molecule has 4 nitrogen and oxygen atoms in total. The predicted molar refractivity (Wildman–Crippen MR) is 79.5 cm³/mol. The molecule has 5 heteroatoms. The Kier molecular flexibility index (Phi) is 3.27. The van der Waals surface area contributed by atoms with Gasteiger partial charge in [-0.15, -0.1) is 0 Å². The van der Waals surface area contributed by atoms with Crippen LogP contribution in [-0.4, -0.2) is 22.4 Å². The van der Waals surface area contributed by atoms with Crippen LogP contribution in [0.1, 0.15) is 15.9 Å². The summed E-state index contributed by atoms with van der Waals surface area (Å²) >= 11 is 5.88. The number of anilines is 1. The van der Waals surface area contributed by atoms with Crippen molar-refractivity contribution in [3.63, 3.8) is 0 Å². The molecule has 106 valence electrons. The standard InChI is InChI=1S/C16H12ClNO3/c17-11-6-7-13-10(8-11)9-16(21,14(13)19)15(20)18-12-4-2-1-3-5-12/h1-8,21H,9H2,(H,18,20). The summed E-state index contributed by atoms with van der Waals surface area (Å²) in [5.41, 5.74) is -0.635. The first-order chi connectivity index (χ1) is 10.0. The first-order valence-corrected chi connectivity index (χ1v) is 6.80. The van der Waals surface area contributed by atoms with Crippen LogP contribution in [0.25, 0.3) is 0 Å². The number of aliphatic hydroxyl groups is 1. The van der Waals surface area contributed by atoms with Crippen LogP contribution in [0.5, 0.6) is 0 Å². The molecule has 1 atom stereocenters. The highest BCUT2D eigenvalue weighted by Crippen LogP contribution is 2.32. The van der Waals surface area contributed by atoms with Crippen LogP contribution in [0.2, 0.25) is 5.02 Å². The number of hydrogen-bond acceptors (Lipinski definition) is 3. The molecule has 1 aliphatic carbocycles. The van der Waals surface area contributed by atoms with Crippen molar-refractivity contribution in [2.75, 3.05) is 5.32 Å². The van der Waals surface area contributed by atoms with Crippen LogP contribution in [0, 0.1) is 0 Å². The van der Waals surface area contributed by atoms with Crippen molar-refractivity contribution in [1.82, 2.24) is 0 Å². The van der Waals surface area contributed by atoms with Gasteiger partial charge in [-0.25, -0.2) is 0 Å². The number of hydrogen-bond donors (Lipinski definition) is 2. The second-order valence-corrected chi connectivity index (χ2v) is 5.42. The van der Waals surface area contributed by atoms with Gasteiger partial charge in [-0.2, -0.15) is 0 Å². The van der Waals surface area contributed by atoms with E-state index in [1.807, 2.05) is 6.07 Å². The highest BCUT2D eigenvalue weighted by molar-refractivity contribution is 6.31. The zero-order chi connectivity index (χ0) is 15.0. The summed E-state index contributed by atoms with van der Waals surface area (Å²) in [4.78, 5) is 24.6. The van der Waals surface area contributed by atoms with Crippen molar-refractivity contribution in [3.8, 4) is 0 Å². The fourth-order valence-electron chi connectivity index (χ4n) is 2.45. The molecular formula is C16H12ClNO3. The Balaban J connectivity index is 1.89. The van der Waals surface area contributed by atoms with Gasteiger partial charge in [0.25, 0.3) is 5.91 Å². The van der Waals surface area contributed by atoms with E-state index in [2.05, 4.69) is 5.32 Å². The lowest BCUT2D eigenvalue weighted by Gasteiger charge is -2.19. The van der Waals surface area contributed by atoms with Crippen molar-refractivity contribution < 1.29 is 14.7 Å². The highest BCUT2D eigenvalue weighted by atomic mass is 35.5. The van der Waals surface area contributed by atoms with Gasteiger partial charge < -0.3 is 10.4 Å². The normalized spacial score (nSPS) is 20.2. The number of amides is 1. The number of carbonyl (C=O) groups is 2. The largest absolute Gasteiger partial charge is 0.373 e. The van der Waals surface area contributed by atoms with Gasteiger partial charge in [0, 0.05) is 22.7 Å². The van der Waals surface area contributed by atoms with E-state index in [1.54, 1.807) is 36.4 Å². The molecule has 0 bridgehead atoms. The van der Waals surface area contributed by atoms with Crippen LogP contribution < -0.4 is 5.32 Å². The molecule has 2 aromatic carbocycles. The van der Waals surface area contributed by atoms with Gasteiger partial charge in [0.2, 0.25) is 11.4 Å². The average molecular weight is 302 g/mol. The molecule has 0 saturated carbocycles. The Morgan fingerprint density at radius 1 is 1.19 bits per heavy atom. The monoisotopic (exact) mass is 301 g/mol. The maximum Gasteiger partial charge on any atom is 0.264 e. The lowest BCUT2D eigenvalue weighted by molar-refractivity contribution is -0.129. The van der Waals surface area contributed by atoms with Crippen molar-refractivity contribution in [2.24, 2.45) is 0 Å². The molecule has 0 saturated heterocycles. The molecule has 1 unspecified atom stereocenters. The highest BCUT2D eigenvalue weighted by Gasteiger charge is 2.50. The molecule has 0 radical (unpaired) electrons. The summed E-state index contributed by atoms with van der Waals surface area (Å²) in [5, 5.41) is 13.5. The number of rotatable bonds is 2. The second-order valence-electron chi connectivity index (χ2n) is 4.99. The Morgan fingerprint density at radius 2 is 1.90 bits per heavy atom. The molecule has 1 aliphatic rings. The lowest BCUT2D eigenvalue weighted by atomic mass is 9.98. The molecule has 2 aromatic rings. The number of Topliss-reactive ketones (excluding diaryl/α,β-unsaturated/α-hetero) is 1. The van der Waals surface area contributed by atoms with E-state index < -0.39 is 17.3 Å². The molecule has 0 fully saturated rings. The van der Waals surface area contributed by atoms with Crippen LogP contribution in [0.15, 0.2) is 48.5 Å². The van der Waals surface area contributed by atoms with E-state index >= 15 is 0 Å². The smallest absolute Gasteiger partial charge is 0.264 e. The third-order valence-electron chi connectivity index (χ3n) is 3.54. The quantitative estimate of drug-likeness (QED) is 0.837. The number of benzene rings is 2. The maximum absolute atomic E-state index is 12.3. The minimum atomic E-state index is -2.08. The third kappa shape index (κ3) is 2.33. The number of para-hydroxylation sites is 1. The first-order valence-electron chi connectivity index (χ1n) is 6.43. The second kappa shape index (κ2) is 4.98. The van der Waals surface area contributed by atoms with E-state index in [-0.39, 0.29) is 6.42 Å². The molecule has 0 heterocycles. The van der Waals surface area contributed by atoms with Gasteiger partial charge in [0.15, 0.2) is 0 Å². The maximum atomic E-state index is 12.3. The minimum absolute atomic E-state index is 0.0691. The van der Waals surface area contributed by atoms with E-state index in [9.17, 15) is 14.7 Å². The molecule has 3 rings (SSSR count). The first kappa shape index (κ1) is 13.8. The van der Waals surface area contributed by atoms with Gasteiger partial charge >= 0.3 is 0 Å². The molecule has 0 spiro atoms. The SMILES string of the molecule is O=C(Nc1ccccc1)C1(O)Cc2cc(Cl)ccc2C1=O. The van der Waals surface area contributed by atoms with Crippen LogP contribution >= 0.6 is 11.6 Å². The fraction of sp³-hybridized carbons (Fsp3) is 0.125. The number of fused-ring (bicyclic) bond motifs is 1. The molecule has 21 heavy (non-hydrogen) atoms. The van der Waals surface area contributed by atoms with Gasteiger partial charge in [-0.1, -0.05) is 29.8 Å². The van der Waals surface area contributed by atoms with Crippen molar-refractivity contribution >= 4 is 29.0 Å². The van der Waals surface area contributed by atoms with Crippen LogP contribution in [0.4, 0.5) is 5.69 Å². The number of halogens is 1. The van der Waals surface area contributed by atoms with Crippen LogP contribution in [0.3, 0.4) is 0 Å². The lowest BCUT2D eigenvalue weighted by Crippen LogP contribution is -2.48. The molecular weight excluding hydrogens is 290 g/mol. The van der Waals surface area contributed by atoms with Gasteiger partial charge in [0.1, 0.15) is 0 Å². The molecule has 0 aromatic heterocycles. The summed E-state index contributed by atoms with van der Waals surface area (Å²) in [6.45, 7) is 0. The minimum Gasteiger partial charge on any atom is -0.373 e. The van der Waals surface area contributed by atoms with E-state index in [1.165, 1.54) is 6.07 Å². The topological polar surface area (TPSA) is 66.4 Å². The van der Waals surface area contributed by atoms with Gasteiger partial charge in [0.05, 0.1) is 0 Å². The molecule has 1 amide bonds. The van der Waals surface area contributed by atoms with E-state index in [0.717, 1.165) is 0 Å². The van der Waals surface area contributed by atoms with E-state index in [4.69, 9.17) is 11.6 Å². The Morgan fingerprint density at radius 3 is 2.62 bits per heavy atom. The van der Waals surface area contributed by atoms with Crippen LogP contribution in [-0.2, 0) is 11.2 Å². The number of carbonyl (C=O) groups excluding carboxylic acids is 2. The predicted octanol–water partition coefficient (Wildman–Crippen LogP) is 2.45. The van der Waals surface area contributed by atoms with Crippen molar-refractivity contribution in [1.29, 1.82) is 0 Å². The zero-order valence-corrected chi connectivity index (χ0v) is 11.7. The van der Waals surface area contributed by atoms with Crippen molar-refractivity contribution in [2.45, 2.75) is 12.0 Å². The summed E-state index contributed by atoms with van der Waals surface area (Å²) < 4.78 is 0. The number of nitrogens with one attached hydrogen (secondary N) is 1. The van der Waals surface area contributed by atoms with Gasteiger partial charge in [-0.3, -0.25) is 9.59 Å². The van der Waals surface area contributed by atoms with Gasteiger partial charge in [-0.05, 0) is 35.9 Å². The molecule has 2 N–H and O–H groups in total. The zero-order valence-electron chi connectivity index (χ0n) is 11.0. The molecule has 0 aliphatic heterocycles. The Labute approximate surface area is 126 Å². The summed E-state index contributed by atoms with van der Waals surface area (Å²) in [7, 11) is 0. The van der Waals surface area contributed by atoms with Crippen molar-refractivity contribution in [3.05, 3.63) is 64.7 Å². The Hall–Kier alpha value is -2.17. The fourth-order valence-corrected chi connectivity index (χ4v) is 2.64. The summed E-state index contributed by atoms with van der Waals surface area (Å²) in [6.07, 6.45) is -0.0691. The third-order valence-corrected chi connectivity index (χ3v) is 3.78. The summed E-state index contributed by atoms with van der Waals surface area (Å²) in [6, 6.07) is 13.4.